The highest BCUT2D eigenvalue weighted by Gasteiger charge is 2.20. The summed E-state index contributed by atoms with van der Waals surface area (Å²) in [5.74, 6) is 1.78. The van der Waals surface area contributed by atoms with E-state index in [2.05, 4.69) is 53.4 Å². The number of thiophene rings is 1. The summed E-state index contributed by atoms with van der Waals surface area (Å²) in [6, 6.07) is 4.89. The van der Waals surface area contributed by atoms with Crippen molar-refractivity contribution in [2.24, 2.45) is 10.9 Å². The normalized spacial score (nSPS) is 18.3. The zero-order valence-corrected chi connectivity index (χ0v) is 17.9. The van der Waals surface area contributed by atoms with Crippen LogP contribution in [0.1, 0.15) is 36.4 Å². The molecule has 1 fully saturated rings. The first-order valence-corrected chi connectivity index (χ1v) is 9.14. The van der Waals surface area contributed by atoms with Crippen LogP contribution in [-0.2, 0) is 6.54 Å². The molecule has 0 saturated carbocycles. The number of aliphatic imine (C=N–C) groups is 1. The minimum Gasteiger partial charge on any atom is -0.355 e. The van der Waals surface area contributed by atoms with Crippen molar-refractivity contribution in [3.8, 4) is 0 Å². The van der Waals surface area contributed by atoms with Gasteiger partial charge in [0.1, 0.15) is 0 Å². The third kappa shape index (κ3) is 6.97. The van der Waals surface area contributed by atoms with E-state index in [0.717, 1.165) is 25.0 Å². The Labute approximate surface area is 162 Å². The van der Waals surface area contributed by atoms with Gasteiger partial charge in [-0.15, -0.1) is 35.3 Å². The molecule has 0 radical (unpaired) electrons. The van der Waals surface area contributed by atoms with Gasteiger partial charge in [0.05, 0.1) is 6.54 Å². The lowest BCUT2D eigenvalue weighted by atomic mass is 9.98. The number of rotatable bonds is 5. The van der Waals surface area contributed by atoms with E-state index < -0.39 is 0 Å². The summed E-state index contributed by atoms with van der Waals surface area (Å²) in [5, 5.41) is 6.85. The van der Waals surface area contributed by atoms with Crippen LogP contribution in [0, 0.1) is 12.8 Å². The van der Waals surface area contributed by atoms with Crippen molar-refractivity contribution >= 4 is 41.3 Å². The summed E-state index contributed by atoms with van der Waals surface area (Å²) in [6.45, 7) is 11.0. The van der Waals surface area contributed by atoms with Crippen LogP contribution in [0.2, 0.25) is 0 Å². The molecule has 2 rings (SSSR count). The van der Waals surface area contributed by atoms with Gasteiger partial charge in [-0.25, -0.2) is 0 Å². The van der Waals surface area contributed by atoms with Crippen LogP contribution in [-0.4, -0.2) is 43.6 Å². The molecular formula is C17H31IN4S. The fourth-order valence-electron chi connectivity index (χ4n) is 2.81. The topological polar surface area (TPSA) is 39.7 Å². The average Bonchev–Trinajstić information content (AvgIpc) is 2.93. The van der Waals surface area contributed by atoms with Gasteiger partial charge in [-0.1, -0.05) is 6.92 Å². The van der Waals surface area contributed by atoms with Crippen molar-refractivity contribution in [3.05, 3.63) is 21.9 Å². The van der Waals surface area contributed by atoms with Gasteiger partial charge >= 0.3 is 0 Å². The first kappa shape index (κ1) is 20.7. The predicted molar refractivity (Wildman–Crippen MR) is 112 cm³/mol. The summed E-state index contributed by atoms with van der Waals surface area (Å²) in [5.41, 5.74) is 0. The summed E-state index contributed by atoms with van der Waals surface area (Å²) in [4.78, 5) is 9.61. The zero-order chi connectivity index (χ0) is 15.9. The molecule has 0 aromatic carbocycles. The van der Waals surface area contributed by atoms with Crippen molar-refractivity contribution < 1.29 is 0 Å². The smallest absolute Gasteiger partial charge is 0.191 e. The third-order valence-electron chi connectivity index (χ3n) is 4.46. The first-order chi connectivity index (χ1) is 10.6. The van der Waals surface area contributed by atoms with E-state index in [4.69, 9.17) is 0 Å². The molecule has 0 amide bonds. The molecule has 2 heterocycles. The highest BCUT2D eigenvalue weighted by Crippen LogP contribution is 2.17. The van der Waals surface area contributed by atoms with Crippen molar-refractivity contribution in [1.29, 1.82) is 0 Å². The highest BCUT2D eigenvalue weighted by molar-refractivity contribution is 14.0. The number of aryl methyl sites for hydroxylation is 1. The molecular weight excluding hydrogens is 419 g/mol. The lowest BCUT2D eigenvalue weighted by Gasteiger charge is -2.35. The molecule has 1 aromatic rings. The Hall–Kier alpha value is -0.340. The minimum atomic E-state index is 0. The van der Waals surface area contributed by atoms with Crippen molar-refractivity contribution in [1.82, 2.24) is 15.5 Å². The Morgan fingerprint density at radius 1 is 1.35 bits per heavy atom. The third-order valence-corrected chi connectivity index (χ3v) is 5.46. The maximum atomic E-state index is 4.32. The van der Waals surface area contributed by atoms with Crippen LogP contribution in [0.4, 0.5) is 0 Å². The van der Waals surface area contributed by atoms with Crippen LogP contribution in [0.3, 0.4) is 0 Å². The molecule has 132 valence electrons. The van der Waals surface area contributed by atoms with Crippen molar-refractivity contribution in [2.45, 2.75) is 46.2 Å². The van der Waals surface area contributed by atoms with E-state index in [1.54, 1.807) is 0 Å². The molecule has 1 aliphatic rings. The fourth-order valence-corrected chi connectivity index (χ4v) is 3.64. The van der Waals surface area contributed by atoms with E-state index in [1.807, 2.05) is 18.4 Å². The molecule has 0 aliphatic carbocycles. The summed E-state index contributed by atoms with van der Waals surface area (Å²) in [7, 11) is 1.84. The van der Waals surface area contributed by atoms with Crippen LogP contribution < -0.4 is 10.6 Å². The molecule has 1 atom stereocenters. The number of guanidine groups is 1. The van der Waals surface area contributed by atoms with Crippen molar-refractivity contribution in [3.63, 3.8) is 0 Å². The number of nitrogens with zero attached hydrogens (tertiary/aromatic N) is 2. The molecule has 1 saturated heterocycles. The summed E-state index contributed by atoms with van der Waals surface area (Å²) < 4.78 is 0. The Kier molecular flexibility index (Phi) is 9.46. The zero-order valence-electron chi connectivity index (χ0n) is 14.8. The molecule has 1 aliphatic heterocycles. The van der Waals surface area contributed by atoms with Crippen LogP contribution >= 0.6 is 35.3 Å². The molecule has 1 aromatic heterocycles. The van der Waals surface area contributed by atoms with E-state index in [0.29, 0.717) is 6.04 Å². The summed E-state index contributed by atoms with van der Waals surface area (Å²) >= 11 is 1.83. The first-order valence-electron chi connectivity index (χ1n) is 8.32. The van der Waals surface area contributed by atoms with Gasteiger partial charge in [-0.05, 0) is 57.8 Å². The quantitative estimate of drug-likeness (QED) is 0.410. The maximum Gasteiger partial charge on any atom is 0.191 e. The van der Waals surface area contributed by atoms with Crippen LogP contribution in [0.25, 0.3) is 0 Å². The van der Waals surface area contributed by atoms with E-state index >= 15 is 0 Å². The van der Waals surface area contributed by atoms with Gasteiger partial charge in [0.2, 0.25) is 0 Å². The van der Waals surface area contributed by atoms with Crippen LogP contribution in [0.15, 0.2) is 17.1 Å². The van der Waals surface area contributed by atoms with Gasteiger partial charge < -0.3 is 10.6 Å². The number of hydrogen-bond acceptors (Lipinski definition) is 3. The number of halogens is 1. The second kappa shape index (κ2) is 10.5. The maximum absolute atomic E-state index is 4.32. The predicted octanol–water partition coefficient (Wildman–Crippen LogP) is 3.46. The molecule has 0 spiro atoms. The second-order valence-corrected chi connectivity index (χ2v) is 7.76. The monoisotopic (exact) mass is 450 g/mol. The van der Waals surface area contributed by atoms with Gasteiger partial charge in [-0.3, -0.25) is 9.89 Å². The van der Waals surface area contributed by atoms with Gasteiger partial charge in [0.15, 0.2) is 5.96 Å². The largest absolute Gasteiger partial charge is 0.355 e. The molecule has 0 bridgehead atoms. The average molecular weight is 450 g/mol. The van der Waals surface area contributed by atoms with E-state index in [9.17, 15) is 0 Å². The van der Waals surface area contributed by atoms with Gasteiger partial charge in [0.25, 0.3) is 0 Å². The highest BCUT2D eigenvalue weighted by atomic mass is 127. The molecule has 6 heteroatoms. The molecule has 23 heavy (non-hydrogen) atoms. The second-order valence-electron chi connectivity index (χ2n) is 6.39. The molecule has 4 nitrogen and oxygen atoms in total. The Morgan fingerprint density at radius 2 is 2.04 bits per heavy atom. The van der Waals surface area contributed by atoms with Crippen molar-refractivity contribution in [2.75, 3.05) is 26.7 Å². The Morgan fingerprint density at radius 3 is 2.61 bits per heavy atom. The Bertz CT molecular complexity index is 481. The Balaban J connectivity index is 0.00000264. The standard InChI is InChI=1S/C17H30N4S.HI/c1-13-7-9-21(10-8-13)14(2)11-19-17(18-4)20-12-16-6-5-15(3)22-16;/h5-6,13-14H,7-12H2,1-4H3,(H2,18,19,20);1H. The fraction of sp³-hybridized carbons (Fsp3) is 0.706. The molecule has 2 N–H and O–H groups in total. The van der Waals surface area contributed by atoms with E-state index in [-0.39, 0.29) is 24.0 Å². The SMILES string of the molecule is CN=C(NCc1ccc(C)s1)NCC(C)N1CCC(C)CC1.I. The summed E-state index contributed by atoms with van der Waals surface area (Å²) in [6.07, 6.45) is 2.66. The van der Waals surface area contributed by atoms with E-state index in [1.165, 1.54) is 35.7 Å². The lowest BCUT2D eigenvalue weighted by Crippen LogP contribution is -2.47. The number of likely N-dealkylation sites (tertiary alicyclic amines) is 1. The minimum absolute atomic E-state index is 0. The lowest BCUT2D eigenvalue weighted by molar-refractivity contribution is 0.147. The molecule has 1 unspecified atom stereocenters. The number of hydrogen-bond donors (Lipinski definition) is 2. The van der Waals surface area contributed by atoms with Crippen LogP contribution in [0.5, 0.6) is 0 Å². The van der Waals surface area contributed by atoms with Gasteiger partial charge in [0, 0.05) is 29.4 Å². The van der Waals surface area contributed by atoms with Gasteiger partial charge in [-0.2, -0.15) is 0 Å². The number of nitrogens with one attached hydrogen (secondary N) is 2. The number of piperidine rings is 1.